The van der Waals surface area contributed by atoms with E-state index < -0.39 is 0 Å². The molecule has 0 saturated carbocycles. The smallest absolute Gasteiger partial charge is 0.0708 e. The van der Waals surface area contributed by atoms with Crippen molar-refractivity contribution in [2.75, 3.05) is 0 Å². The van der Waals surface area contributed by atoms with E-state index in [1.54, 1.807) is 0 Å². The molecular weight excluding hydrogens is 484 g/mol. The molecule has 0 atom stereocenters. The van der Waals surface area contributed by atoms with Crippen LogP contribution in [0.25, 0.3) is 76.7 Å². The average Bonchev–Trinajstić information content (AvgIpc) is 3.03. The molecule has 8 aromatic rings. The third kappa shape index (κ3) is 3.73. The summed E-state index contributed by atoms with van der Waals surface area (Å²) in [6.07, 6.45) is 3.72. The van der Waals surface area contributed by atoms with E-state index in [0.717, 1.165) is 21.8 Å². The summed E-state index contributed by atoms with van der Waals surface area (Å²) >= 11 is 0. The van der Waals surface area contributed by atoms with Gasteiger partial charge in [-0.2, -0.15) is 0 Å². The molecular formula is C38H24N2. The van der Waals surface area contributed by atoms with Crippen molar-refractivity contribution < 1.29 is 0 Å². The van der Waals surface area contributed by atoms with Gasteiger partial charge in [0.15, 0.2) is 0 Å². The number of hydrogen-bond donors (Lipinski definition) is 0. The molecule has 0 amide bonds. The molecule has 2 aromatic heterocycles. The summed E-state index contributed by atoms with van der Waals surface area (Å²) in [5, 5.41) is 7.35. The molecule has 0 fully saturated rings. The van der Waals surface area contributed by atoms with Gasteiger partial charge in [0.25, 0.3) is 0 Å². The topological polar surface area (TPSA) is 25.8 Å². The Morgan fingerprint density at radius 2 is 0.875 bits per heavy atom. The number of rotatable bonds is 3. The van der Waals surface area contributed by atoms with Gasteiger partial charge < -0.3 is 0 Å². The Balaban J connectivity index is 1.42. The van der Waals surface area contributed by atoms with Crippen LogP contribution in [0.5, 0.6) is 0 Å². The Morgan fingerprint density at radius 1 is 0.325 bits per heavy atom. The maximum absolute atomic E-state index is 4.62. The average molecular weight is 509 g/mol. The van der Waals surface area contributed by atoms with Gasteiger partial charge in [0.2, 0.25) is 0 Å². The van der Waals surface area contributed by atoms with Crippen LogP contribution < -0.4 is 0 Å². The number of pyridine rings is 2. The molecule has 0 saturated heterocycles. The van der Waals surface area contributed by atoms with Gasteiger partial charge >= 0.3 is 0 Å². The zero-order valence-electron chi connectivity index (χ0n) is 21.8. The molecule has 0 unspecified atom stereocenters. The molecule has 0 spiro atoms. The van der Waals surface area contributed by atoms with Crippen LogP contribution in [0.15, 0.2) is 146 Å². The molecule has 0 aliphatic heterocycles. The number of hydrogen-bond acceptors (Lipinski definition) is 2. The van der Waals surface area contributed by atoms with Crippen molar-refractivity contribution in [2.45, 2.75) is 0 Å². The maximum Gasteiger partial charge on any atom is 0.0708 e. The van der Waals surface area contributed by atoms with Crippen molar-refractivity contribution in [1.29, 1.82) is 0 Å². The van der Waals surface area contributed by atoms with Crippen LogP contribution in [0.1, 0.15) is 0 Å². The summed E-state index contributed by atoms with van der Waals surface area (Å²) in [7, 11) is 0. The highest BCUT2D eigenvalue weighted by Crippen LogP contribution is 2.38. The summed E-state index contributed by atoms with van der Waals surface area (Å²) in [5.41, 5.74) is 9.08. The Morgan fingerprint density at radius 3 is 1.55 bits per heavy atom. The molecule has 40 heavy (non-hydrogen) atoms. The lowest BCUT2D eigenvalue weighted by atomic mass is 9.90. The van der Waals surface area contributed by atoms with Crippen LogP contribution in [-0.4, -0.2) is 9.97 Å². The van der Waals surface area contributed by atoms with E-state index in [2.05, 4.69) is 131 Å². The van der Waals surface area contributed by atoms with Gasteiger partial charge in [-0.1, -0.05) is 84.9 Å². The molecule has 2 heteroatoms. The Kier molecular flexibility index (Phi) is 5.17. The Hall–Kier alpha value is -5.34. The number of nitrogens with zero attached hydrogens (tertiary/aromatic N) is 2. The molecule has 6 aromatic carbocycles. The fraction of sp³-hybridized carbons (Fsp3) is 0. The minimum atomic E-state index is 0.999. The monoisotopic (exact) mass is 508 g/mol. The molecule has 186 valence electrons. The van der Waals surface area contributed by atoms with E-state index in [0.29, 0.717) is 0 Å². The van der Waals surface area contributed by atoms with E-state index in [1.165, 1.54) is 54.9 Å². The highest BCUT2D eigenvalue weighted by atomic mass is 14.6. The first-order valence-corrected chi connectivity index (χ1v) is 13.6. The standard InChI is InChI=1S/C38H24N2/c1-2-8-31-25(7-1)15-16-26-17-18-27(24-36(26)31)28-21-29(32-9-3-13-37-34(32)11-5-19-39-37)23-30(22-28)33-10-4-14-38-35(33)12-6-20-40-38/h1-24H. The van der Waals surface area contributed by atoms with Crippen molar-refractivity contribution >= 4 is 43.4 Å². The van der Waals surface area contributed by atoms with Crippen molar-refractivity contribution in [2.24, 2.45) is 0 Å². The molecule has 2 nitrogen and oxygen atoms in total. The van der Waals surface area contributed by atoms with E-state index in [9.17, 15) is 0 Å². The van der Waals surface area contributed by atoms with Crippen molar-refractivity contribution in [1.82, 2.24) is 9.97 Å². The van der Waals surface area contributed by atoms with E-state index in [1.807, 2.05) is 24.5 Å². The molecule has 0 aliphatic carbocycles. The second-order valence-electron chi connectivity index (χ2n) is 10.3. The van der Waals surface area contributed by atoms with Crippen LogP contribution >= 0.6 is 0 Å². The summed E-state index contributed by atoms with van der Waals surface area (Å²) in [5.74, 6) is 0. The minimum absolute atomic E-state index is 0.999. The first-order valence-electron chi connectivity index (χ1n) is 13.6. The molecule has 8 rings (SSSR count). The summed E-state index contributed by atoms with van der Waals surface area (Å²) < 4.78 is 0. The Labute approximate surface area is 232 Å². The normalized spacial score (nSPS) is 11.5. The quantitative estimate of drug-likeness (QED) is 0.222. The van der Waals surface area contributed by atoms with Crippen molar-refractivity contribution in [3.05, 3.63) is 146 Å². The highest BCUT2D eigenvalue weighted by molar-refractivity contribution is 6.09. The number of fused-ring (bicyclic) bond motifs is 5. The van der Waals surface area contributed by atoms with Gasteiger partial charge in [0.05, 0.1) is 11.0 Å². The number of benzene rings is 6. The van der Waals surface area contributed by atoms with Gasteiger partial charge in [-0.15, -0.1) is 0 Å². The van der Waals surface area contributed by atoms with Crippen LogP contribution in [-0.2, 0) is 0 Å². The molecule has 0 bridgehead atoms. The van der Waals surface area contributed by atoms with Crippen LogP contribution in [0, 0.1) is 0 Å². The van der Waals surface area contributed by atoms with Crippen LogP contribution in [0.2, 0.25) is 0 Å². The lowest BCUT2D eigenvalue weighted by Crippen LogP contribution is -1.90. The Bertz CT molecular complexity index is 2120. The van der Waals surface area contributed by atoms with E-state index >= 15 is 0 Å². The minimum Gasteiger partial charge on any atom is -0.256 e. The van der Waals surface area contributed by atoms with Crippen molar-refractivity contribution in [3.8, 4) is 33.4 Å². The van der Waals surface area contributed by atoms with Gasteiger partial charge in [-0.25, -0.2) is 0 Å². The van der Waals surface area contributed by atoms with Crippen molar-refractivity contribution in [3.63, 3.8) is 0 Å². The molecule has 0 radical (unpaired) electrons. The lowest BCUT2D eigenvalue weighted by molar-refractivity contribution is 1.41. The molecule has 2 heterocycles. The lowest BCUT2D eigenvalue weighted by Gasteiger charge is -2.15. The van der Waals surface area contributed by atoms with Gasteiger partial charge in [-0.3, -0.25) is 9.97 Å². The van der Waals surface area contributed by atoms with Gasteiger partial charge in [-0.05, 0) is 103 Å². The van der Waals surface area contributed by atoms with Gasteiger partial charge in [0, 0.05) is 23.2 Å². The zero-order chi connectivity index (χ0) is 26.5. The number of aromatic nitrogens is 2. The summed E-state index contributed by atoms with van der Waals surface area (Å²) in [6, 6.07) is 47.9. The molecule has 0 N–H and O–H groups in total. The molecule has 0 aliphatic rings. The fourth-order valence-corrected chi connectivity index (χ4v) is 6.00. The predicted molar refractivity (Wildman–Crippen MR) is 168 cm³/mol. The van der Waals surface area contributed by atoms with E-state index in [-0.39, 0.29) is 0 Å². The van der Waals surface area contributed by atoms with Crippen LogP contribution in [0.3, 0.4) is 0 Å². The predicted octanol–water partition coefficient (Wildman–Crippen LogP) is 10.1. The SMILES string of the molecule is c1ccc2c(c1)ccc1ccc(-c3cc(-c4cccc5ncccc45)cc(-c4cccc5ncccc45)c3)cc12. The first-order chi connectivity index (χ1) is 19.8. The maximum atomic E-state index is 4.62. The van der Waals surface area contributed by atoms with Gasteiger partial charge in [0.1, 0.15) is 0 Å². The zero-order valence-corrected chi connectivity index (χ0v) is 21.8. The second-order valence-corrected chi connectivity index (χ2v) is 10.3. The summed E-state index contributed by atoms with van der Waals surface area (Å²) in [4.78, 5) is 9.25. The third-order valence-electron chi connectivity index (χ3n) is 7.93. The fourth-order valence-electron chi connectivity index (χ4n) is 6.00. The first kappa shape index (κ1) is 22.6. The second kappa shape index (κ2) is 9.14. The van der Waals surface area contributed by atoms with Crippen LogP contribution in [0.4, 0.5) is 0 Å². The third-order valence-corrected chi connectivity index (χ3v) is 7.93. The highest BCUT2D eigenvalue weighted by Gasteiger charge is 2.13. The largest absolute Gasteiger partial charge is 0.256 e. The van der Waals surface area contributed by atoms with E-state index in [4.69, 9.17) is 0 Å². The summed E-state index contributed by atoms with van der Waals surface area (Å²) in [6.45, 7) is 0.